The minimum Gasteiger partial charge on any atom is -0.357 e. The summed E-state index contributed by atoms with van der Waals surface area (Å²) in [5, 5.41) is 3.91. The number of aromatic nitrogens is 1. The van der Waals surface area contributed by atoms with E-state index in [1.54, 1.807) is 0 Å². The fourth-order valence-corrected chi connectivity index (χ4v) is 2.69. The van der Waals surface area contributed by atoms with Gasteiger partial charge in [0.05, 0.1) is 5.69 Å². The molecule has 0 saturated carbocycles. The Morgan fingerprint density at radius 1 is 1.60 bits per heavy atom. The van der Waals surface area contributed by atoms with Crippen molar-refractivity contribution in [2.45, 2.75) is 19.8 Å². The summed E-state index contributed by atoms with van der Waals surface area (Å²) in [6, 6.07) is 2.00. The topological polar surface area (TPSA) is 29.3 Å². The van der Waals surface area contributed by atoms with Gasteiger partial charge in [0.2, 0.25) is 0 Å². The standard InChI is InChI=1S/C12H16N2O/c1-9-5-12(15-13-9)6-11-8-14-4-2-3-10(11)7-14/h5-6,10H,2-4,7-8H2,1H3/b11-6-. The summed E-state index contributed by atoms with van der Waals surface area (Å²) in [7, 11) is 0. The third-order valence-electron chi connectivity index (χ3n) is 3.41. The molecule has 2 atom stereocenters. The van der Waals surface area contributed by atoms with Crippen molar-refractivity contribution in [3.63, 3.8) is 0 Å². The van der Waals surface area contributed by atoms with Gasteiger partial charge in [0.1, 0.15) is 0 Å². The maximum Gasteiger partial charge on any atom is 0.159 e. The van der Waals surface area contributed by atoms with Crippen molar-refractivity contribution >= 4 is 6.08 Å². The van der Waals surface area contributed by atoms with E-state index in [0.29, 0.717) is 0 Å². The van der Waals surface area contributed by atoms with E-state index in [4.69, 9.17) is 4.52 Å². The van der Waals surface area contributed by atoms with Crippen LogP contribution in [0.3, 0.4) is 0 Å². The molecule has 2 bridgehead atoms. The van der Waals surface area contributed by atoms with Crippen molar-refractivity contribution < 1.29 is 4.52 Å². The molecule has 0 aromatic carbocycles. The summed E-state index contributed by atoms with van der Waals surface area (Å²) in [5.41, 5.74) is 2.49. The van der Waals surface area contributed by atoms with Crippen LogP contribution in [0.1, 0.15) is 24.3 Å². The van der Waals surface area contributed by atoms with Crippen LogP contribution in [0.5, 0.6) is 0 Å². The molecule has 0 spiro atoms. The molecule has 2 unspecified atom stereocenters. The van der Waals surface area contributed by atoms with Gasteiger partial charge in [-0.05, 0) is 43.9 Å². The Morgan fingerprint density at radius 2 is 2.53 bits per heavy atom. The zero-order valence-electron chi connectivity index (χ0n) is 9.07. The molecule has 0 amide bonds. The predicted molar refractivity (Wildman–Crippen MR) is 58.4 cm³/mol. The van der Waals surface area contributed by atoms with Gasteiger partial charge < -0.3 is 4.52 Å². The summed E-state index contributed by atoms with van der Waals surface area (Å²) >= 11 is 0. The molecule has 3 heterocycles. The van der Waals surface area contributed by atoms with Crippen LogP contribution < -0.4 is 0 Å². The smallest absolute Gasteiger partial charge is 0.159 e. The van der Waals surface area contributed by atoms with E-state index in [1.807, 2.05) is 13.0 Å². The van der Waals surface area contributed by atoms with Crippen molar-refractivity contribution in [3.05, 3.63) is 23.1 Å². The molecule has 1 aromatic rings. The lowest BCUT2D eigenvalue weighted by Crippen LogP contribution is -2.25. The highest BCUT2D eigenvalue weighted by molar-refractivity contribution is 5.50. The molecular formula is C12H16N2O. The Balaban J connectivity index is 1.85. The monoisotopic (exact) mass is 204 g/mol. The Bertz CT molecular complexity index is 394. The number of rotatable bonds is 1. The minimum absolute atomic E-state index is 0.768. The van der Waals surface area contributed by atoms with E-state index < -0.39 is 0 Å². The molecule has 0 N–H and O–H groups in total. The van der Waals surface area contributed by atoms with E-state index in [0.717, 1.165) is 23.9 Å². The van der Waals surface area contributed by atoms with Crippen molar-refractivity contribution in [2.24, 2.45) is 5.92 Å². The lowest BCUT2D eigenvalue weighted by molar-refractivity contribution is 0.270. The van der Waals surface area contributed by atoms with Crippen molar-refractivity contribution in [1.29, 1.82) is 0 Å². The second kappa shape index (κ2) is 3.49. The van der Waals surface area contributed by atoms with Crippen LogP contribution in [0.15, 0.2) is 16.2 Å². The summed E-state index contributed by atoms with van der Waals surface area (Å²) < 4.78 is 5.23. The maximum atomic E-state index is 5.23. The number of hydrogen-bond donors (Lipinski definition) is 0. The lowest BCUT2D eigenvalue weighted by Gasteiger charge is -2.20. The van der Waals surface area contributed by atoms with Crippen molar-refractivity contribution in [2.75, 3.05) is 19.6 Å². The summed E-state index contributed by atoms with van der Waals surface area (Å²) in [5.74, 6) is 1.68. The Morgan fingerprint density at radius 3 is 3.27 bits per heavy atom. The zero-order chi connectivity index (χ0) is 10.3. The lowest BCUT2D eigenvalue weighted by atomic mass is 9.96. The first-order valence-electron chi connectivity index (χ1n) is 5.67. The summed E-state index contributed by atoms with van der Waals surface area (Å²) in [4.78, 5) is 2.53. The van der Waals surface area contributed by atoms with Gasteiger partial charge in [-0.2, -0.15) is 0 Å². The van der Waals surface area contributed by atoms with Crippen LogP contribution in [0.4, 0.5) is 0 Å². The molecule has 2 aliphatic rings. The molecule has 3 nitrogen and oxygen atoms in total. The number of hydrogen-bond acceptors (Lipinski definition) is 3. The number of nitrogens with zero attached hydrogens (tertiary/aromatic N) is 2. The quantitative estimate of drug-likeness (QED) is 0.701. The molecule has 0 aliphatic carbocycles. The largest absolute Gasteiger partial charge is 0.357 e. The average molecular weight is 204 g/mol. The first kappa shape index (κ1) is 9.16. The highest BCUT2D eigenvalue weighted by Gasteiger charge is 2.30. The highest BCUT2D eigenvalue weighted by Crippen LogP contribution is 2.32. The molecular weight excluding hydrogens is 188 g/mol. The minimum atomic E-state index is 0.768. The van der Waals surface area contributed by atoms with Crippen LogP contribution in [0.25, 0.3) is 6.08 Å². The predicted octanol–water partition coefficient (Wildman–Crippen LogP) is 2.09. The first-order valence-corrected chi connectivity index (χ1v) is 5.67. The molecule has 0 radical (unpaired) electrons. The molecule has 2 fully saturated rings. The second-order valence-electron chi connectivity index (χ2n) is 4.66. The SMILES string of the molecule is Cc1cc(/C=C2/CN3CCCC2C3)on1. The van der Waals surface area contributed by atoms with Gasteiger partial charge in [-0.1, -0.05) is 5.16 Å². The number of aryl methyl sites for hydroxylation is 1. The third kappa shape index (κ3) is 1.72. The molecule has 3 rings (SSSR count). The summed E-state index contributed by atoms with van der Waals surface area (Å²) in [6.45, 7) is 5.61. The Kier molecular flexibility index (Phi) is 2.13. The van der Waals surface area contributed by atoms with E-state index in [1.165, 1.54) is 31.5 Å². The van der Waals surface area contributed by atoms with Gasteiger partial charge in [0.15, 0.2) is 5.76 Å². The molecule has 80 valence electrons. The normalized spacial score (nSPS) is 32.5. The first-order chi connectivity index (χ1) is 7.31. The van der Waals surface area contributed by atoms with Crippen LogP contribution in [-0.2, 0) is 0 Å². The van der Waals surface area contributed by atoms with Crippen LogP contribution in [0, 0.1) is 12.8 Å². The van der Waals surface area contributed by atoms with Crippen molar-refractivity contribution in [1.82, 2.24) is 10.1 Å². The van der Waals surface area contributed by atoms with Crippen LogP contribution in [0.2, 0.25) is 0 Å². The van der Waals surface area contributed by atoms with E-state index in [2.05, 4.69) is 16.1 Å². The van der Waals surface area contributed by atoms with Crippen molar-refractivity contribution in [3.8, 4) is 0 Å². The van der Waals surface area contributed by atoms with Gasteiger partial charge in [-0.25, -0.2) is 0 Å². The van der Waals surface area contributed by atoms with Crippen LogP contribution in [-0.4, -0.2) is 29.7 Å². The Hall–Kier alpha value is -1.09. The fourth-order valence-electron chi connectivity index (χ4n) is 2.69. The Labute approximate surface area is 89.7 Å². The summed E-state index contributed by atoms with van der Waals surface area (Å²) in [6.07, 6.45) is 4.88. The molecule has 3 heteroatoms. The van der Waals surface area contributed by atoms with Crippen LogP contribution >= 0.6 is 0 Å². The zero-order valence-corrected chi connectivity index (χ0v) is 9.07. The number of piperidine rings is 1. The fraction of sp³-hybridized carbons (Fsp3) is 0.583. The van der Waals surface area contributed by atoms with Gasteiger partial charge >= 0.3 is 0 Å². The van der Waals surface area contributed by atoms with Gasteiger partial charge in [0.25, 0.3) is 0 Å². The molecule has 1 aromatic heterocycles. The second-order valence-corrected chi connectivity index (χ2v) is 4.66. The van der Waals surface area contributed by atoms with Gasteiger partial charge in [-0.15, -0.1) is 0 Å². The van der Waals surface area contributed by atoms with E-state index >= 15 is 0 Å². The van der Waals surface area contributed by atoms with E-state index in [-0.39, 0.29) is 0 Å². The van der Waals surface area contributed by atoms with Gasteiger partial charge in [0, 0.05) is 19.2 Å². The molecule has 2 saturated heterocycles. The average Bonchev–Trinajstić information content (AvgIpc) is 2.74. The molecule has 2 aliphatic heterocycles. The van der Waals surface area contributed by atoms with E-state index in [9.17, 15) is 0 Å². The highest BCUT2D eigenvalue weighted by atomic mass is 16.5. The van der Waals surface area contributed by atoms with Gasteiger partial charge in [-0.3, -0.25) is 4.90 Å². The maximum absolute atomic E-state index is 5.23. The number of fused-ring (bicyclic) bond motifs is 2. The molecule has 15 heavy (non-hydrogen) atoms. The third-order valence-corrected chi connectivity index (χ3v) is 3.41.